The molecule has 0 aromatic heterocycles. The van der Waals surface area contributed by atoms with E-state index in [0.29, 0.717) is 5.56 Å². The first-order valence-corrected chi connectivity index (χ1v) is 11.0. The van der Waals surface area contributed by atoms with Gasteiger partial charge in [0.1, 0.15) is 11.4 Å². The molecular formula is C21H22N4O5S. The van der Waals surface area contributed by atoms with E-state index in [2.05, 4.69) is 10.5 Å². The normalized spacial score (nSPS) is 12.0. The van der Waals surface area contributed by atoms with Gasteiger partial charge in [0.05, 0.1) is 16.0 Å². The van der Waals surface area contributed by atoms with Gasteiger partial charge in [-0.3, -0.25) is 15.5 Å². The molecular weight excluding hydrogens is 420 g/mol. The number of hydrogen-bond donors (Lipinski definition) is 2. The van der Waals surface area contributed by atoms with Crippen LogP contribution >= 0.6 is 0 Å². The third-order valence-electron chi connectivity index (χ3n) is 4.84. The summed E-state index contributed by atoms with van der Waals surface area (Å²) in [4.78, 5) is 10.7. The molecule has 0 radical (unpaired) electrons. The number of fused-ring (bicyclic) bond motifs is 1. The van der Waals surface area contributed by atoms with Crippen LogP contribution in [0.3, 0.4) is 0 Å². The van der Waals surface area contributed by atoms with Crippen LogP contribution in [0.5, 0.6) is 5.75 Å². The largest absolute Gasteiger partial charge is 0.507 e. The molecule has 0 unspecified atom stereocenters. The highest BCUT2D eigenvalue weighted by Gasteiger charge is 2.25. The Morgan fingerprint density at radius 2 is 1.84 bits per heavy atom. The zero-order chi connectivity index (χ0) is 22.6. The maximum atomic E-state index is 12.7. The monoisotopic (exact) mass is 442 g/mol. The van der Waals surface area contributed by atoms with Crippen molar-refractivity contribution < 1.29 is 18.4 Å². The van der Waals surface area contributed by atoms with Gasteiger partial charge in [-0.25, -0.2) is 8.42 Å². The van der Waals surface area contributed by atoms with Crippen LogP contribution < -0.4 is 5.43 Å². The van der Waals surface area contributed by atoms with E-state index in [1.165, 1.54) is 22.7 Å². The van der Waals surface area contributed by atoms with Crippen molar-refractivity contribution in [3.05, 3.63) is 70.3 Å². The first kappa shape index (κ1) is 22.2. The van der Waals surface area contributed by atoms with E-state index in [4.69, 9.17) is 0 Å². The predicted molar refractivity (Wildman–Crippen MR) is 120 cm³/mol. The van der Waals surface area contributed by atoms with Crippen molar-refractivity contribution in [3.63, 3.8) is 0 Å². The zero-order valence-corrected chi connectivity index (χ0v) is 17.8. The zero-order valence-electron chi connectivity index (χ0n) is 17.0. The van der Waals surface area contributed by atoms with E-state index in [1.807, 2.05) is 24.3 Å². The number of nitro benzene ring substituents is 1. The van der Waals surface area contributed by atoms with Crippen molar-refractivity contribution in [2.75, 3.05) is 18.5 Å². The molecule has 9 nitrogen and oxygen atoms in total. The minimum Gasteiger partial charge on any atom is -0.507 e. The second-order valence-electron chi connectivity index (χ2n) is 6.61. The van der Waals surface area contributed by atoms with Crippen molar-refractivity contribution in [2.24, 2.45) is 5.10 Å². The van der Waals surface area contributed by atoms with Crippen LogP contribution in [0.15, 0.2) is 64.6 Å². The van der Waals surface area contributed by atoms with E-state index < -0.39 is 20.6 Å². The molecule has 0 aliphatic rings. The third kappa shape index (κ3) is 4.49. The van der Waals surface area contributed by atoms with Crippen molar-refractivity contribution >= 4 is 38.4 Å². The van der Waals surface area contributed by atoms with Crippen LogP contribution in [0.4, 0.5) is 11.4 Å². The number of hydrazone groups is 1. The maximum Gasteiger partial charge on any atom is 0.295 e. The summed E-state index contributed by atoms with van der Waals surface area (Å²) in [5.74, 6) is 0.0133. The van der Waals surface area contributed by atoms with Crippen LogP contribution in [-0.2, 0) is 10.0 Å². The van der Waals surface area contributed by atoms with Crippen molar-refractivity contribution in [1.29, 1.82) is 0 Å². The van der Waals surface area contributed by atoms with Crippen molar-refractivity contribution in [2.45, 2.75) is 18.7 Å². The highest BCUT2D eigenvalue weighted by molar-refractivity contribution is 7.89. The van der Waals surface area contributed by atoms with Crippen LogP contribution in [0, 0.1) is 10.1 Å². The second kappa shape index (κ2) is 9.11. The number of nitrogens with zero attached hydrogens (tertiary/aromatic N) is 3. The number of sulfonamides is 1. The summed E-state index contributed by atoms with van der Waals surface area (Å²) in [6, 6.07) is 14.3. The maximum absolute atomic E-state index is 12.7. The fraction of sp³-hybridized carbons (Fsp3) is 0.190. The fourth-order valence-corrected chi connectivity index (χ4v) is 4.69. The summed E-state index contributed by atoms with van der Waals surface area (Å²) in [5, 5.41) is 27.4. The third-order valence-corrected chi connectivity index (χ3v) is 6.88. The Bertz CT molecular complexity index is 1250. The van der Waals surface area contributed by atoms with E-state index in [9.17, 15) is 23.6 Å². The minimum absolute atomic E-state index is 0.0133. The van der Waals surface area contributed by atoms with Gasteiger partial charge in [-0.05, 0) is 29.0 Å². The minimum atomic E-state index is -3.84. The van der Waals surface area contributed by atoms with E-state index in [-0.39, 0.29) is 29.4 Å². The summed E-state index contributed by atoms with van der Waals surface area (Å²) >= 11 is 0. The van der Waals surface area contributed by atoms with Gasteiger partial charge >= 0.3 is 0 Å². The number of benzene rings is 3. The molecule has 31 heavy (non-hydrogen) atoms. The van der Waals surface area contributed by atoms with E-state index >= 15 is 0 Å². The van der Waals surface area contributed by atoms with Crippen LogP contribution in [0.2, 0.25) is 0 Å². The Kier molecular flexibility index (Phi) is 6.52. The summed E-state index contributed by atoms with van der Waals surface area (Å²) in [7, 11) is -3.84. The van der Waals surface area contributed by atoms with E-state index in [1.54, 1.807) is 26.0 Å². The Morgan fingerprint density at radius 3 is 2.52 bits per heavy atom. The number of nitrogens with one attached hydrogen (secondary N) is 1. The average molecular weight is 442 g/mol. The molecule has 2 N–H and O–H groups in total. The van der Waals surface area contributed by atoms with Crippen LogP contribution in [0.25, 0.3) is 10.8 Å². The lowest BCUT2D eigenvalue weighted by molar-refractivity contribution is -0.384. The van der Waals surface area contributed by atoms with Gasteiger partial charge < -0.3 is 5.11 Å². The molecule has 0 amide bonds. The second-order valence-corrected chi connectivity index (χ2v) is 8.55. The molecule has 0 saturated carbocycles. The molecule has 0 aliphatic carbocycles. The average Bonchev–Trinajstić information content (AvgIpc) is 2.75. The Labute approximate surface area is 179 Å². The quantitative estimate of drug-likeness (QED) is 0.309. The molecule has 0 atom stereocenters. The van der Waals surface area contributed by atoms with E-state index in [0.717, 1.165) is 16.8 Å². The summed E-state index contributed by atoms with van der Waals surface area (Å²) in [6.45, 7) is 3.91. The molecule has 3 aromatic rings. The first-order chi connectivity index (χ1) is 14.8. The number of anilines is 1. The van der Waals surface area contributed by atoms with Crippen LogP contribution in [0.1, 0.15) is 19.4 Å². The Balaban J connectivity index is 1.94. The molecule has 3 rings (SSSR count). The summed E-state index contributed by atoms with van der Waals surface area (Å²) in [5.41, 5.74) is 2.64. The lowest BCUT2D eigenvalue weighted by atomic mass is 10.0. The van der Waals surface area contributed by atoms with Gasteiger partial charge in [0, 0.05) is 24.7 Å². The molecule has 0 fully saturated rings. The topological polar surface area (TPSA) is 125 Å². The molecule has 0 saturated heterocycles. The van der Waals surface area contributed by atoms with Crippen molar-refractivity contribution in [1.82, 2.24) is 4.31 Å². The molecule has 10 heteroatoms. The first-order valence-electron chi connectivity index (χ1n) is 9.58. The fourth-order valence-electron chi connectivity index (χ4n) is 3.22. The van der Waals surface area contributed by atoms with Gasteiger partial charge in [0.15, 0.2) is 0 Å². The lowest BCUT2D eigenvalue weighted by Crippen LogP contribution is -2.30. The number of rotatable bonds is 8. The van der Waals surface area contributed by atoms with Crippen LogP contribution in [-0.4, -0.2) is 42.1 Å². The Hall–Kier alpha value is -3.50. The van der Waals surface area contributed by atoms with Gasteiger partial charge in [0.2, 0.25) is 10.0 Å². The number of phenolic OH excluding ortho intramolecular Hbond substituents is 1. The molecule has 0 spiro atoms. The van der Waals surface area contributed by atoms with Crippen molar-refractivity contribution in [3.8, 4) is 5.75 Å². The highest BCUT2D eigenvalue weighted by Crippen LogP contribution is 2.30. The molecule has 0 heterocycles. The smallest absolute Gasteiger partial charge is 0.295 e. The lowest BCUT2D eigenvalue weighted by Gasteiger charge is -2.18. The number of phenols is 1. The van der Waals surface area contributed by atoms with Gasteiger partial charge in [-0.1, -0.05) is 44.2 Å². The highest BCUT2D eigenvalue weighted by atomic mass is 32.2. The molecule has 3 aromatic carbocycles. The van der Waals surface area contributed by atoms with Gasteiger partial charge in [0.25, 0.3) is 5.69 Å². The SMILES string of the molecule is CCN(CC)S(=O)(=O)c1ccc(N/N=C/c2c(O)ccc3ccccc23)c([N+](=O)[O-])c1. The number of nitro groups is 1. The predicted octanol–water partition coefficient (Wildman–Crippen LogP) is 3.93. The molecule has 0 bridgehead atoms. The summed E-state index contributed by atoms with van der Waals surface area (Å²) < 4.78 is 26.6. The summed E-state index contributed by atoms with van der Waals surface area (Å²) in [6.07, 6.45) is 1.36. The van der Waals surface area contributed by atoms with Gasteiger partial charge in [-0.2, -0.15) is 9.41 Å². The number of aromatic hydroxyl groups is 1. The van der Waals surface area contributed by atoms with Gasteiger partial charge in [-0.15, -0.1) is 0 Å². The number of hydrogen-bond acceptors (Lipinski definition) is 7. The molecule has 0 aliphatic heterocycles. The standard InChI is InChI=1S/C21H22N4O5S/c1-3-24(4-2)31(29,30)16-10-11-19(20(13-16)25(27)28)23-22-14-18-17-8-6-5-7-15(17)9-12-21(18)26/h5-14,23,26H,3-4H2,1-2H3/b22-14+. The Morgan fingerprint density at radius 1 is 1.13 bits per heavy atom. The molecule has 162 valence electrons.